The van der Waals surface area contributed by atoms with Crippen molar-refractivity contribution in [2.45, 2.75) is 39.3 Å². The van der Waals surface area contributed by atoms with E-state index in [4.69, 9.17) is 11.2 Å². The molecule has 0 bridgehead atoms. The normalized spacial score (nSPS) is 12.3. The molecule has 2 rings (SSSR count). The quantitative estimate of drug-likeness (QED) is 0.879. The van der Waals surface area contributed by atoms with Gasteiger partial charge in [0.05, 0.1) is 23.8 Å². The summed E-state index contributed by atoms with van der Waals surface area (Å²) in [6.45, 7) is 7.23. The second-order valence-corrected chi connectivity index (χ2v) is 6.30. The van der Waals surface area contributed by atoms with Crippen LogP contribution in [0.25, 0.3) is 5.69 Å². The van der Waals surface area contributed by atoms with Gasteiger partial charge in [-0.3, -0.25) is 4.98 Å². The monoisotopic (exact) mass is 330 g/mol. The van der Waals surface area contributed by atoms with Gasteiger partial charge in [-0.25, -0.2) is 13.9 Å². The van der Waals surface area contributed by atoms with E-state index >= 15 is 0 Å². The van der Waals surface area contributed by atoms with E-state index in [0.29, 0.717) is 16.9 Å². The maximum Gasteiger partial charge on any atom is 0.409 e. The summed E-state index contributed by atoms with van der Waals surface area (Å²) in [5, 5.41) is 6.95. The van der Waals surface area contributed by atoms with Crippen molar-refractivity contribution in [3.8, 4) is 18.0 Å². The van der Waals surface area contributed by atoms with Crippen molar-refractivity contribution < 1.29 is 13.9 Å². The molecule has 0 aromatic carbocycles. The van der Waals surface area contributed by atoms with Crippen LogP contribution in [0.4, 0.5) is 9.18 Å². The molecule has 126 valence electrons. The third-order valence-corrected chi connectivity index (χ3v) is 3.03. The zero-order valence-corrected chi connectivity index (χ0v) is 14.0. The Hall–Kier alpha value is -2.88. The summed E-state index contributed by atoms with van der Waals surface area (Å²) < 4.78 is 20.0. The number of alkyl carbamates (subject to hydrolysis) is 1. The molecule has 0 saturated carbocycles. The number of nitrogens with one attached hydrogen (secondary N) is 1. The Morgan fingerprint density at radius 3 is 2.75 bits per heavy atom. The lowest BCUT2D eigenvalue weighted by Crippen LogP contribution is -2.41. The highest BCUT2D eigenvalue weighted by atomic mass is 19.1. The van der Waals surface area contributed by atoms with Gasteiger partial charge < -0.3 is 10.1 Å². The van der Waals surface area contributed by atoms with E-state index in [9.17, 15) is 9.18 Å². The number of nitrogens with zero attached hydrogens (tertiary/aromatic N) is 3. The molecule has 0 radical (unpaired) electrons. The molecule has 1 atom stereocenters. The molecule has 1 unspecified atom stereocenters. The summed E-state index contributed by atoms with van der Waals surface area (Å²) in [7, 11) is 0. The number of amides is 1. The Balaban J connectivity index is 2.24. The SMILES string of the molecule is C#CC(OC(=O)NC(C)(C)C)c1cn(-c2cncc(F)c2)nc1C. The van der Waals surface area contributed by atoms with Crippen LogP contribution in [-0.4, -0.2) is 26.4 Å². The maximum absolute atomic E-state index is 13.3. The molecule has 0 aliphatic rings. The van der Waals surface area contributed by atoms with Crippen LogP contribution in [0.1, 0.15) is 38.1 Å². The van der Waals surface area contributed by atoms with Crippen LogP contribution in [0.3, 0.4) is 0 Å². The van der Waals surface area contributed by atoms with Gasteiger partial charge in [0.2, 0.25) is 0 Å². The summed E-state index contributed by atoms with van der Waals surface area (Å²) in [5.41, 5.74) is 1.12. The van der Waals surface area contributed by atoms with Gasteiger partial charge in [0, 0.05) is 23.4 Å². The molecule has 2 heterocycles. The minimum Gasteiger partial charge on any atom is -0.428 e. The number of aryl methyl sites for hydroxylation is 1. The number of terminal acetylenes is 1. The highest BCUT2D eigenvalue weighted by Gasteiger charge is 2.22. The molecule has 0 aliphatic heterocycles. The predicted molar refractivity (Wildman–Crippen MR) is 87.0 cm³/mol. The first-order valence-electron chi connectivity index (χ1n) is 7.31. The van der Waals surface area contributed by atoms with E-state index in [1.165, 1.54) is 16.9 Å². The van der Waals surface area contributed by atoms with E-state index in [-0.39, 0.29) is 0 Å². The fraction of sp³-hybridized carbons (Fsp3) is 0.353. The summed E-state index contributed by atoms with van der Waals surface area (Å²) in [6.07, 6.45) is 8.14. The number of ether oxygens (including phenoxy) is 1. The average molecular weight is 330 g/mol. The van der Waals surface area contributed by atoms with E-state index in [1.54, 1.807) is 13.1 Å². The standard InChI is InChI=1S/C17H19FN4O2/c1-6-15(24-16(23)20-17(3,4)5)14-10-22(21-11(14)2)13-7-12(18)8-19-9-13/h1,7-10,15H,2-5H3,(H,20,23). The second kappa shape index (κ2) is 6.71. The van der Waals surface area contributed by atoms with Crippen molar-refractivity contribution >= 4 is 6.09 Å². The first-order valence-corrected chi connectivity index (χ1v) is 7.31. The lowest BCUT2D eigenvalue weighted by atomic mass is 10.1. The third kappa shape index (κ3) is 4.32. The van der Waals surface area contributed by atoms with Crippen LogP contribution >= 0.6 is 0 Å². The van der Waals surface area contributed by atoms with E-state index in [0.717, 1.165) is 6.20 Å². The molecular weight excluding hydrogens is 311 g/mol. The third-order valence-electron chi connectivity index (χ3n) is 3.03. The van der Waals surface area contributed by atoms with Gasteiger partial charge in [-0.2, -0.15) is 5.10 Å². The highest BCUT2D eigenvalue weighted by molar-refractivity contribution is 5.68. The summed E-state index contributed by atoms with van der Waals surface area (Å²) in [6, 6.07) is 1.29. The molecule has 1 N–H and O–H groups in total. The predicted octanol–water partition coefficient (Wildman–Crippen LogP) is 2.91. The van der Waals surface area contributed by atoms with Gasteiger partial charge in [0.25, 0.3) is 0 Å². The maximum atomic E-state index is 13.3. The topological polar surface area (TPSA) is 69.0 Å². The number of carbonyl (C=O) groups excluding carboxylic acids is 1. The van der Waals surface area contributed by atoms with E-state index in [1.807, 2.05) is 20.8 Å². The highest BCUT2D eigenvalue weighted by Crippen LogP contribution is 2.22. The number of carbonyl (C=O) groups is 1. The molecule has 24 heavy (non-hydrogen) atoms. The molecule has 2 aromatic rings. The first-order chi connectivity index (χ1) is 11.2. The molecule has 7 heteroatoms. The average Bonchev–Trinajstić information content (AvgIpc) is 2.85. The number of halogens is 1. The Morgan fingerprint density at radius 1 is 1.46 bits per heavy atom. The molecule has 0 spiro atoms. The molecule has 0 aliphatic carbocycles. The minimum atomic E-state index is -0.900. The van der Waals surface area contributed by atoms with Crippen LogP contribution in [0, 0.1) is 25.1 Å². The minimum absolute atomic E-state index is 0.442. The summed E-state index contributed by atoms with van der Waals surface area (Å²) in [5.74, 6) is 1.95. The molecular formula is C17H19FN4O2. The van der Waals surface area contributed by atoms with Crippen molar-refractivity contribution in [1.29, 1.82) is 0 Å². The van der Waals surface area contributed by atoms with E-state index in [2.05, 4.69) is 21.3 Å². The summed E-state index contributed by atoms with van der Waals surface area (Å²) >= 11 is 0. The van der Waals surface area contributed by atoms with Crippen molar-refractivity contribution in [1.82, 2.24) is 20.1 Å². The molecule has 2 aromatic heterocycles. The van der Waals surface area contributed by atoms with Crippen LogP contribution in [-0.2, 0) is 4.74 Å². The molecule has 1 amide bonds. The fourth-order valence-electron chi connectivity index (χ4n) is 2.02. The van der Waals surface area contributed by atoms with Gasteiger partial charge in [-0.15, -0.1) is 6.42 Å². The van der Waals surface area contributed by atoms with Gasteiger partial charge in [-0.05, 0) is 27.7 Å². The van der Waals surface area contributed by atoms with Crippen LogP contribution < -0.4 is 5.32 Å². The van der Waals surface area contributed by atoms with Crippen molar-refractivity contribution in [3.63, 3.8) is 0 Å². The van der Waals surface area contributed by atoms with Gasteiger partial charge in [-0.1, -0.05) is 5.92 Å². The molecule has 0 fully saturated rings. The largest absolute Gasteiger partial charge is 0.428 e. The van der Waals surface area contributed by atoms with Gasteiger partial charge in [0.1, 0.15) is 5.82 Å². The molecule has 6 nitrogen and oxygen atoms in total. The number of hydrogen-bond acceptors (Lipinski definition) is 4. The summed E-state index contributed by atoms with van der Waals surface area (Å²) in [4.78, 5) is 15.7. The first kappa shape index (κ1) is 17.5. The lowest BCUT2D eigenvalue weighted by molar-refractivity contribution is 0.116. The van der Waals surface area contributed by atoms with Crippen molar-refractivity contribution in [2.75, 3.05) is 0 Å². The zero-order valence-electron chi connectivity index (χ0n) is 14.0. The van der Waals surface area contributed by atoms with Gasteiger partial charge >= 0.3 is 6.09 Å². The van der Waals surface area contributed by atoms with Crippen molar-refractivity contribution in [2.24, 2.45) is 0 Å². The second-order valence-electron chi connectivity index (χ2n) is 6.30. The number of aromatic nitrogens is 3. The van der Waals surface area contributed by atoms with Gasteiger partial charge in [0.15, 0.2) is 6.10 Å². The smallest absolute Gasteiger partial charge is 0.409 e. The number of rotatable bonds is 3. The fourth-order valence-corrected chi connectivity index (χ4v) is 2.02. The van der Waals surface area contributed by atoms with Crippen LogP contribution in [0.5, 0.6) is 0 Å². The van der Waals surface area contributed by atoms with Crippen LogP contribution in [0.2, 0.25) is 0 Å². The van der Waals surface area contributed by atoms with Crippen molar-refractivity contribution in [3.05, 3.63) is 41.7 Å². The Morgan fingerprint density at radius 2 is 2.17 bits per heavy atom. The Bertz CT molecular complexity index is 787. The van der Waals surface area contributed by atoms with Crippen LogP contribution in [0.15, 0.2) is 24.7 Å². The Kier molecular flexibility index (Phi) is 4.88. The molecule has 0 saturated heterocycles. The number of pyridine rings is 1. The zero-order chi connectivity index (χ0) is 17.9. The Labute approximate surface area is 140 Å². The number of hydrogen-bond donors (Lipinski definition) is 1. The van der Waals surface area contributed by atoms with E-state index < -0.39 is 23.6 Å². The lowest BCUT2D eigenvalue weighted by Gasteiger charge is -2.21.